The van der Waals surface area contributed by atoms with Crippen molar-refractivity contribution in [2.45, 2.75) is 30.9 Å². The first-order valence-electron chi connectivity index (χ1n) is 7.25. The van der Waals surface area contributed by atoms with E-state index in [9.17, 15) is 13.2 Å². The van der Waals surface area contributed by atoms with Crippen LogP contribution in [0.5, 0.6) is 0 Å². The van der Waals surface area contributed by atoms with Gasteiger partial charge in [0.25, 0.3) is 0 Å². The van der Waals surface area contributed by atoms with Crippen molar-refractivity contribution in [3.63, 3.8) is 0 Å². The lowest BCUT2D eigenvalue weighted by molar-refractivity contribution is -0.113. The number of carbonyl (C=O) groups is 1. The second kappa shape index (κ2) is 6.01. The SMILES string of the molecule is O=C(CS[C@H]1CCS(=O)(=O)C1)Nc1ccc2c(c1)CCC2. The van der Waals surface area contributed by atoms with Crippen LogP contribution < -0.4 is 5.32 Å². The number of thioether (sulfide) groups is 1. The summed E-state index contributed by atoms with van der Waals surface area (Å²) in [5, 5.41) is 2.98. The number of fused-ring (bicyclic) bond motifs is 1. The van der Waals surface area contributed by atoms with E-state index in [-0.39, 0.29) is 22.7 Å². The molecule has 2 aliphatic rings. The molecule has 1 N–H and O–H groups in total. The summed E-state index contributed by atoms with van der Waals surface area (Å²) in [7, 11) is -2.86. The van der Waals surface area contributed by atoms with Crippen molar-refractivity contribution in [2.75, 3.05) is 22.6 Å². The molecule has 1 saturated heterocycles. The molecule has 0 saturated carbocycles. The van der Waals surface area contributed by atoms with Crippen LogP contribution in [0.3, 0.4) is 0 Å². The molecule has 0 radical (unpaired) electrons. The monoisotopic (exact) mass is 325 g/mol. The molecule has 114 valence electrons. The Morgan fingerprint density at radius 2 is 2.10 bits per heavy atom. The van der Waals surface area contributed by atoms with Gasteiger partial charge < -0.3 is 5.32 Å². The van der Waals surface area contributed by atoms with E-state index in [1.54, 1.807) is 0 Å². The standard InChI is InChI=1S/C15H19NO3S2/c17-15(9-20-14-6-7-21(18,19)10-14)16-13-5-4-11-2-1-3-12(11)8-13/h4-5,8,14H,1-3,6-7,9-10H2,(H,16,17)/t14-/m0/s1. The van der Waals surface area contributed by atoms with E-state index in [1.165, 1.54) is 29.3 Å². The number of anilines is 1. The molecule has 1 aromatic carbocycles. The van der Waals surface area contributed by atoms with Gasteiger partial charge in [-0.2, -0.15) is 0 Å². The Hall–Kier alpha value is -1.01. The highest BCUT2D eigenvalue weighted by Gasteiger charge is 2.28. The fourth-order valence-electron chi connectivity index (χ4n) is 2.93. The molecule has 0 unspecified atom stereocenters. The third kappa shape index (κ3) is 3.80. The van der Waals surface area contributed by atoms with Gasteiger partial charge in [-0.1, -0.05) is 6.07 Å². The van der Waals surface area contributed by atoms with Crippen molar-refractivity contribution < 1.29 is 13.2 Å². The fraction of sp³-hybridized carbons (Fsp3) is 0.533. The minimum Gasteiger partial charge on any atom is -0.325 e. The van der Waals surface area contributed by atoms with Crippen LogP contribution >= 0.6 is 11.8 Å². The Bertz CT molecular complexity index is 655. The first-order chi connectivity index (χ1) is 10.0. The maximum atomic E-state index is 11.9. The zero-order valence-corrected chi connectivity index (χ0v) is 13.4. The topological polar surface area (TPSA) is 63.2 Å². The van der Waals surface area contributed by atoms with Gasteiger partial charge in [0.2, 0.25) is 5.91 Å². The van der Waals surface area contributed by atoms with Crippen LogP contribution in [-0.4, -0.2) is 36.8 Å². The Balaban J connectivity index is 1.50. The zero-order valence-electron chi connectivity index (χ0n) is 11.8. The lowest BCUT2D eigenvalue weighted by atomic mass is 10.1. The summed E-state index contributed by atoms with van der Waals surface area (Å²) in [5.41, 5.74) is 3.57. The predicted octanol–water partition coefficient (Wildman–Crippen LogP) is 2.03. The van der Waals surface area contributed by atoms with E-state index in [0.29, 0.717) is 12.2 Å². The predicted molar refractivity (Wildman–Crippen MR) is 86.6 cm³/mol. The van der Waals surface area contributed by atoms with Crippen molar-refractivity contribution in [1.82, 2.24) is 0 Å². The van der Waals surface area contributed by atoms with Gasteiger partial charge in [-0.3, -0.25) is 4.79 Å². The lowest BCUT2D eigenvalue weighted by Gasteiger charge is -2.09. The summed E-state index contributed by atoms with van der Waals surface area (Å²) < 4.78 is 22.7. The normalized spacial score (nSPS) is 23.0. The first-order valence-corrected chi connectivity index (χ1v) is 10.1. The van der Waals surface area contributed by atoms with E-state index < -0.39 is 9.84 Å². The third-order valence-electron chi connectivity index (χ3n) is 4.02. The number of carbonyl (C=O) groups excluding carboxylic acids is 1. The number of rotatable bonds is 4. The zero-order chi connectivity index (χ0) is 14.9. The largest absolute Gasteiger partial charge is 0.325 e. The maximum absolute atomic E-state index is 11.9. The number of aryl methyl sites for hydroxylation is 2. The van der Waals surface area contributed by atoms with Gasteiger partial charge in [0.1, 0.15) is 0 Å². The summed E-state index contributed by atoms with van der Waals surface area (Å²) in [5.74, 6) is 0.736. The van der Waals surface area contributed by atoms with Crippen molar-refractivity contribution in [3.05, 3.63) is 29.3 Å². The van der Waals surface area contributed by atoms with Crippen LogP contribution in [0, 0.1) is 0 Å². The smallest absolute Gasteiger partial charge is 0.234 e. The Kier molecular flexibility index (Phi) is 4.26. The van der Waals surface area contributed by atoms with E-state index >= 15 is 0 Å². The fourth-order valence-corrected chi connectivity index (χ4v) is 6.38. The molecule has 4 nitrogen and oxygen atoms in total. The number of benzene rings is 1. The van der Waals surface area contributed by atoms with Gasteiger partial charge in [-0.15, -0.1) is 11.8 Å². The van der Waals surface area contributed by atoms with Gasteiger partial charge in [0, 0.05) is 10.9 Å². The molecular weight excluding hydrogens is 306 g/mol. The summed E-state index contributed by atoms with van der Waals surface area (Å²) in [4.78, 5) is 11.9. The number of hydrogen-bond acceptors (Lipinski definition) is 4. The van der Waals surface area contributed by atoms with E-state index in [4.69, 9.17) is 0 Å². The van der Waals surface area contributed by atoms with Crippen molar-refractivity contribution >= 4 is 33.2 Å². The van der Waals surface area contributed by atoms with E-state index in [2.05, 4.69) is 17.4 Å². The molecule has 6 heteroatoms. The Labute approximate surface area is 129 Å². The number of sulfone groups is 1. The highest BCUT2D eigenvalue weighted by molar-refractivity contribution is 8.02. The van der Waals surface area contributed by atoms with E-state index in [0.717, 1.165) is 18.5 Å². The highest BCUT2D eigenvalue weighted by Crippen LogP contribution is 2.26. The second-order valence-corrected chi connectivity index (χ2v) is 9.24. The average Bonchev–Trinajstić information content (AvgIpc) is 3.02. The van der Waals surface area contributed by atoms with Crippen LogP contribution in [0.1, 0.15) is 24.0 Å². The van der Waals surface area contributed by atoms with Crippen molar-refractivity contribution in [3.8, 4) is 0 Å². The lowest BCUT2D eigenvalue weighted by Crippen LogP contribution is -2.17. The van der Waals surface area contributed by atoms with Gasteiger partial charge in [0.15, 0.2) is 9.84 Å². The molecule has 0 aromatic heterocycles. The van der Waals surface area contributed by atoms with Gasteiger partial charge in [-0.05, 0) is 48.9 Å². The number of amides is 1. The molecule has 1 fully saturated rings. The molecule has 0 spiro atoms. The van der Waals surface area contributed by atoms with Crippen LogP contribution in [0.2, 0.25) is 0 Å². The highest BCUT2D eigenvalue weighted by atomic mass is 32.2. The molecule has 1 aromatic rings. The second-order valence-electron chi connectivity index (χ2n) is 5.72. The molecule has 21 heavy (non-hydrogen) atoms. The van der Waals surface area contributed by atoms with Crippen LogP contribution in [0.4, 0.5) is 5.69 Å². The summed E-state index contributed by atoms with van der Waals surface area (Å²) in [6.45, 7) is 0. The third-order valence-corrected chi connectivity index (χ3v) is 7.30. The molecule has 3 rings (SSSR count). The van der Waals surface area contributed by atoms with Crippen LogP contribution in [0.15, 0.2) is 18.2 Å². The van der Waals surface area contributed by atoms with Crippen molar-refractivity contribution in [1.29, 1.82) is 0 Å². The quantitative estimate of drug-likeness (QED) is 0.920. The molecule has 1 amide bonds. The average molecular weight is 325 g/mol. The minimum atomic E-state index is -2.86. The van der Waals surface area contributed by atoms with Crippen molar-refractivity contribution in [2.24, 2.45) is 0 Å². The number of nitrogens with one attached hydrogen (secondary N) is 1. The molecule has 1 atom stereocenters. The van der Waals surface area contributed by atoms with Crippen LogP contribution in [-0.2, 0) is 27.5 Å². The Morgan fingerprint density at radius 1 is 1.29 bits per heavy atom. The molecule has 1 aliphatic heterocycles. The molecule has 1 heterocycles. The molecule has 1 aliphatic carbocycles. The summed E-state index contributed by atoms with van der Waals surface area (Å²) >= 11 is 1.45. The summed E-state index contributed by atoms with van der Waals surface area (Å²) in [6.07, 6.45) is 4.08. The molecular formula is C15H19NO3S2. The minimum absolute atomic E-state index is 0.0535. The maximum Gasteiger partial charge on any atom is 0.234 e. The Morgan fingerprint density at radius 3 is 2.86 bits per heavy atom. The molecule has 0 bridgehead atoms. The van der Waals surface area contributed by atoms with Crippen LogP contribution in [0.25, 0.3) is 0 Å². The number of hydrogen-bond donors (Lipinski definition) is 1. The first kappa shape index (κ1) is 14.9. The van der Waals surface area contributed by atoms with Gasteiger partial charge in [-0.25, -0.2) is 8.42 Å². The summed E-state index contributed by atoms with van der Waals surface area (Å²) in [6, 6.07) is 6.10. The van der Waals surface area contributed by atoms with Gasteiger partial charge in [0.05, 0.1) is 17.3 Å². The van der Waals surface area contributed by atoms with Gasteiger partial charge >= 0.3 is 0 Å². The van der Waals surface area contributed by atoms with E-state index in [1.807, 2.05) is 6.07 Å².